The minimum atomic E-state index is -4.79. The van der Waals surface area contributed by atoms with Gasteiger partial charge in [0.15, 0.2) is 5.69 Å². The van der Waals surface area contributed by atoms with E-state index >= 15 is 0 Å². The summed E-state index contributed by atoms with van der Waals surface area (Å²) in [7, 11) is 1.45. The maximum absolute atomic E-state index is 14.1. The number of alkyl halides is 3. The summed E-state index contributed by atoms with van der Waals surface area (Å²) >= 11 is 8.15. The van der Waals surface area contributed by atoms with Crippen LogP contribution in [0.4, 0.5) is 13.2 Å². The highest BCUT2D eigenvalue weighted by Crippen LogP contribution is 2.45. The number of aromatic nitrogens is 1. The fraction of sp³-hybridized carbons (Fsp3) is 0.345. The first kappa shape index (κ1) is 30.9. The molecule has 3 heterocycles. The second-order valence-corrected chi connectivity index (χ2v) is 11.3. The van der Waals surface area contributed by atoms with Gasteiger partial charge in [0.05, 0.1) is 19.3 Å². The van der Waals surface area contributed by atoms with Crippen molar-refractivity contribution in [3.63, 3.8) is 0 Å². The van der Waals surface area contributed by atoms with Crippen LogP contribution in [0.3, 0.4) is 0 Å². The number of fused-ring (bicyclic) bond motifs is 3. The van der Waals surface area contributed by atoms with Crippen molar-refractivity contribution in [2.45, 2.75) is 35.8 Å². The SMILES string of the molecule is COCCOCC(=O)Oc1c2n(ccc1=O)N([C@@H]1c3ccccc3SCc3c(Cl)cccc31)CN([C@H](C)C(F)(F)F)C2=O. The summed E-state index contributed by atoms with van der Waals surface area (Å²) in [6.07, 6.45) is -3.49. The molecule has 0 unspecified atom stereocenters. The average Bonchev–Trinajstić information content (AvgIpc) is 3.14. The van der Waals surface area contributed by atoms with Crippen LogP contribution in [0.5, 0.6) is 5.75 Å². The first-order chi connectivity index (χ1) is 20.5. The van der Waals surface area contributed by atoms with E-state index < -0.39 is 60.3 Å². The Kier molecular flexibility index (Phi) is 9.07. The number of methoxy groups -OCH3 is 1. The summed E-state index contributed by atoms with van der Waals surface area (Å²) in [4.78, 5) is 40.9. The van der Waals surface area contributed by atoms with Crippen LogP contribution >= 0.6 is 23.4 Å². The van der Waals surface area contributed by atoms with Gasteiger partial charge in [0, 0.05) is 35.0 Å². The largest absolute Gasteiger partial charge is 0.418 e. The molecule has 228 valence electrons. The number of amides is 1. The van der Waals surface area contributed by atoms with E-state index in [1.807, 2.05) is 30.3 Å². The van der Waals surface area contributed by atoms with Crippen molar-refractivity contribution >= 4 is 35.2 Å². The number of thioether (sulfide) groups is 1. The minimum Gasteiger partial charge on any atom is -0.418 e. The second-order valence-electron chi connectivity index (χ2n) is 9.83. The number of carbonyl (C=O) groups excluding carboxylic acids is 2. The van der Waals surface area contributed by atoms with Crippen LogP contribution in [0.15, 0.2) is 64.4 Å². The fourth-order valence-electron chi connectivity index (χ4n) is 5.02. The molecule has 0 N–H and O–H groups in total. The first-order valence-corrected chi connectivity index (χ1v) is 14.6. The van der Waals surface area contributed by atoms with Gasteiger partial charge in [0.25, 0.3) is 5.91 Å². The van der Waals surface area contributed by atoms with Crippen molar-refractivity contribution in [3.05, 3.63) is 92.4 Å². The highest BCUT2D eigenvalue weighted by molar-refractivity contribution is 7.98. The lowest BCUT2D eigenvalue weighted by atomic mass is 9.94. The quantitative estimate of drug-likeness (QED) is 0.258. The van der Waals surface area contributed by atoms with Crippen LogP contribution < -0.4 is 15.2 Å². The zero-order valence-electron chi connectivity index (χ0n) is 23.1. The van der Waals surface area contributed by atoms with E-state index in [0.717, 1.165) is 29.0 Å². The number of rotatable bonds is 8. The predicted octanol–water partition coefficient (Wildman–Crippen LogP) is 4.77. The number of nitrogens with zero attached hydrogens (tertiary/aromatic N) is 3. The van der Waals surface area contributed by atoms with E-state index in [9.17, 15) is 27.6 Å². The Hall–Kier alpha value is -3.52. The van der Waals surface area contributed by atoms with Gasteiger partial charge in [-0.3, -0.25) is 19.3 Å². The van der Waals surface area contributed by atoms with Crippen molar-refractivity contribution in [2.24, 2.45) is 0 Å². The van der Waals surface area contributed by atoms with Gasteiger partial charge in [-0.15, -0.1) is 11.8 Å². The maximum Gasteiger partial charge on any atom is 0.408 e. The topological polar surface area (TPSA) is 90.3 Å². The number of carbonyl (C=O) groups is 2. The third-order valence-electron chi connectivity index (χ3n) is 7.21. The van der Waals surface area contributed by atoms with Gasteiger partial charge in [0.1, 0.15) is 19.3 Å². The standard InChI is InChI=1S/C29H27ClF3N3O6S/c1-17(29(31,32)33)34-16-36(25-18-7-5-8-21(30)20(18)15-43-23-9-4-3-6-19(23)25)35-11-10-22(37)27(26(35)28(34)39)42-24(38)14-41-13-12-40-2/h3-11,17,25H,12-16H2,1-2H3/t17-,25+/m1/s1. The van der Waals surface area contributed by atoms with Crippen molar-refractivity contribution in [1.82, 2.24) is 9.58 Å². The number of hydrogen-bond acceptors (Lipinski definition) is 8. The van der Waals surface area contributed by atoms with E-state index in [1.165, 1.54) is 29.7 Å². The highest BCUT2D eigenvalue weighted by atomic mass is 35.5. The molecule has 2 aromatic carbocycles. The molecule has 9 nitrogen and oxygen atoms in total. The first-order valence-electron chi connectivity index (χ1n) is 13.2. The summed E-state index contributed by atoms with van der Waals surface area (Å²) in [5, 5.41) is 2.03. The molecule has 1 amide bonds. The Morgan fingerprint density at radius 3 is 2.58 bits per heavy atom. The number of hydrogen-bond donors (Lipinski definition) is 0. The van der Waals surface area contributed by atoms with Crippen molar-refractivity contribution in [2.75, 3.05) is 38.6 Å². The Morgan fingerprint density at radius 2 is 1.84 bits per heavy atom. The summed E-state index contributed by atoms with van der Waals surface area (Å²) in [6, 6.07) is 10.9. The normalized spacial score (nSPS) is 17.1. The lowest BCUT2D eigenvalue weighted by Gasteiger charge is -2.46. The van der Waals surface area contributed by atoms with E-state index in [2.05, 4.69) is 0 Å². The molecule has 1 aromatic heterocycles. The third-order valence-corrected chi connectivity index (χ3v) is 8.68. The molecule has 2 atom stereocenters. The van der Waals surface area contributed by atoms with Crippen LogP contribution in [0.2, 0.25) is 5.02 Å². The van der Waals surface area contributed by atoms with Crippen LogP contribution in [0.1, 0.15) is 40.1 Å². The summed E-state index contributed by atoms with van der Waals surface area (Å²) < 4.78 is 59.0. The highest BCUT2D eigenvalue weighted by Gasteiger charge is 2.48. The predicted molar refractivity (Wildman–Crippen MR) is 153 cm³/mol. The smallest absolute Gasteiger partial charge is 0.408 e. The maximum atomic E-state index is 14.1. The molecular formula is C29H27ClF3N3O6S. The number of pyridine rings is 1. The molecule has 0 bridgehead atoms. The molecule has 0 saturated heterocycles. The Morgan fingerprint density at radius 1 is 1.09 bits per heavy atom. The van der Waals surface area contributed by atoms with E-state index in [1.54, 1.807) is 17.1 Å². The Bertz CT molecular complexity index is 1600. The lowest BCUT2D eigenvalue weighted by Crippen LogP contribution is -2.60. The van der Waals surface area contributed by atoms with Crippen molar-refractivity contribution in [3.8, 4) is 5.75 Å². The number of halogens is 4. The number of benzene rings is 2. The zero-order valence-corrected chi connectivity index (χ0v) is 24.7. The molecular weight excluding hydrogens is 611 g/mol. The molecule has 2 aliphatic heterocycles. The summed E-state index contributed by atoms with van der Waals surface area (Å²) in [5.41, 5.74) is 0.889. The van der Waals surface area contributed by atoms with Crippen LogP contribution in [-0.4, -0.2) is 67.3 Å². The molecule has 0 radical (unpaired) electrons. The van der Waals surface area contributed by atoms with Gasteiger partial charge in [-0.05, 0) is 35.7 Å². The average molecular weight is 638 g/mol. The molecule has 0 aliphatic carbocycles. The molecule has 5 rings (SSSR count). The molecule has 3 aromatic rings. The number of esters is 1. The third kappa shape index (κ3) is 6.12. The zero-order chi connectivity index (χ0) is 30.9. The second kappa shape index (κ2) is 12.6. The van der Waals surface area contributed by atoms with Gasteiger partial charge in [-0.2, -0.15) is 13.2 Å². The van der Waals surface area contributed by atoms with Gasteiger partial charge in [0.2, 0.25) is 11.2 Å². The molecule has 2 aliphatic rings. The molecule has 0 saturated carbocycles. The van der Waals surface area contributed by atoms with Gasteiger partial charge < -0.3 is 19.1 Å². The van der Waals surface area contributed by atoms with Crippen molar-refractivity contribution < 1.29 is 37.0 Å². The fourth-order valence-corrected chi connectivity index (χ4v) is 6.49. The van der Waals surface area contributed by atoms with E-state index in [4.69, 9.17) is 25.8 Å². The van der Waals surface area contributed by atoms with E-state index in [0.29, 0.717) is 21.2 Å². The van der Waals surface area contributed by atoms with Gasteiger partial charge in [-0.1, -0.05) is 41.9 Å². The van der Waals surface area contributed by atoms with Crippen LogP contribution in [0, 0.1) is 0 Å². The van der Waals surface area contributed by atoms with Gasteiger partial charge >= 0.3 is 12.1 Å². The molecule has 0 fully saturated rings. The number of ether oxygens (including phenoxy) is 3. The Labute approximate surface area is 254 Å². The van der Waals surface area contributed by atoms with Crippen LogP contribution in [0.25, 0.3) is 0 Å². The van der Waals surface area contributed by atoms with Gasteiger partial charge in [-0.25, -0.2) is 4.79 Å². The molecule has 0 spiro atoms. The van der Waals surface area contributed by atoms with E-state index in [-0.39, 0.29) is 13.2 Å². The minimum absolute atomic E-state index is 0.0577. The molecule has 14 heteroatoms. The summed E-state index contributed by atoms with van der Waals surface area (Å²) in [6.45, 7) is 0.0440. The lowest BCUT2D eigenvalue weighted by molar-refractivity contribution is -0.173. The van der Waals surface area contributed by atoms with Crippen LogP contribution in [-0.2, 0) is 20.0 Å². The van der Waals surface area contributed by atoms with Crippen molar-refractivity contribution in [1.29, 1.82) is 0 Å². The Balaban J connectivity index is 1.69. The summed E-state index contributed by atoms with van der Waals surface area (Å²) in [5.74, 6) is -2.32. The monoisotopic (exact) mass is 637 g/mol. The molecule has 43 heavy (non-hydrogen) atoms.